The smallest absolute Gasteiger partial charge is 0.0842 e. The van der Waals surface area contributed by atoms with Crippen molar-refractivity contribution >= 4 is 11.4 Å². The van der Waals surface area contributed by atoms with E-state index in [0.717, 1.165) is 19.6 Å². The standard InChI is InChI=1S/C7H14O4S.C7H8/c1-2-6(5-11-12(8)9)7-3-10-4-7;1-7-5-3-2-4-6-7/h6-7H,2-5H2,1H3,(H,8,9);2-6H,1H3/p-1. The van der Waals surface area contributed by atoms with Crippen molar-refractivity contribution in [2.45, 2.75) is 20.3 Å². The fraction of sp³-hybridized carbons (Fsp3) is 0.571. The molecule has 0 N–H and O–H groups in total. The topological polar surface area (TPSA) is 58.6 Å². The summed E-state index contributed by atoms with van der Waals surface area (Å²) >= 11 is -2.37. The van der Waals surface area contributed by atoms with Crippen LogP contribution in [-0.4, -0.2) is 28.6 Å². The van der Waals surface area contributed by atoms with Gasteiger partial charge in [-0.05, 0) is 12.8 Å². The van der Waals surface area contributed by atoms with E-state index < -0.39 is 11.4 Å². The Morgan fingerprint density at radius 2 is 2.05 bits per heavy atom. The molecule has 1 heterocycles. The van der Waals surface area contributed by atoms with E-state index in [0.29, 0.717) is 18.4 Å². The number of aryl methyl sites for hydroxylation is 1. The van der Waals surface area contributed by atoms with Crippen molar-refractivity contribution in [3.63, 3.8) is 0 Å². The molecule has 4 nitrogen and oxygen atoms in total. The molecule has 2 atom stereocenters. The summed E-state index contributed by atoms with van der Waals surface area (Å²) in [5.74, 6) is 0.801. The fourth-order valence-corrected chi connectivity index (χ4v) is 2.08. The number of benzene rings is 1. The van der Waals surface area contributed by atoms with Gasteiger partial charge in [-0.25, -0.2) is 4.21 Å². The Labute approximate surface area is 117 Å². The summed E-state index contributed by atoms with van der Waals surface area (Å²) in [4.78, 5) is 0. The molecule has 0 amide bonds. The summed E-state index contributed by atoms with van der Waals surface area (Å²) in [6.07, 6.45) is 0.936. The van der Waals surface area contributed by atoms with Gasteiger partial charge in [-0.2, -0.15) is 0 Å². The molecule has 108 valence electrons. The van der Waals surface area contributed by atoms with Crippen LogP contribution in [0.3, 0.4) is 0 Å². The van der Waals surface area contributed by atoms with Crippen LogP contribution in [0.25, 0.3) is 0 Å². The van der Waals surface area contributed by atoms with Crippen LogP contribution in [0.5, 0.6) is 0 Å². The van der Waals surface area contributed by atoms with E-state index in [9.17, 15) is 8.76 Å². The molecule has 0 spiro atoms. The van der Waals surface area contributed by atoms with E-state index in [1.165, 1.54) is 5.56 Å². The second-order valence-corrected chi connectivity index (χ2v) is 5.25. The molecule has 0 saturated carbocycles. The summed E-state index contributed by atoms with van der Waals surface area (Å²) in [5, 5.41) is 0. The number of hydrogen-bond acceptors (Lipinski definition) is 4. The Bertz CT molecular complexity index is 365. The van der Waals surface area contributed by atoms with Crippen LogP contribution < -0.4 is 0 Å². The average Bonchev–Trinajstić information content (AvgIpc) is 2.33. The van der Waals surface area contributed by atoms with Gasteiger partial charge in [0.05, 0.1) is 31.2 Å². The molecule has 1 aromatic carbocycles. The first-order chi connectivity index (χ1) is 9.13. The highest BCUT2D eigenvalue weighted by Crippen LogP contribution is 2.23. The van der Waals surface area contributed by atoms with E-state index in [2.05, 4.69) is 23.2 Å². The zero-order valence-corrected chi connectivity index (χ0v) is 12.2. The van der Waals surface area contributed by atoms with Gasteiger partial charge >= 0.3 is 0 Å². The van der Waals surface area contributed by atoms with Crippen LogP contribution >= 0.6 is 0 Å². The number of hydrogen-bond donors (Lipinski definition) is 0. The van der Waals surface area contributed by atoms with Gasteiger partial charge in [0.25, 0.3) is 0 Å². The molecule has 1 aromatic rings. The van der Waals surface area contributed by atoms with Crippen molar-refractivity contribution in [2.24, 2.45) is 11.8 Å². The molecular formula is C14H21O4S-. The van der Waals surface area contributed by atoms with Gasteiger partial charge in [0.2, 0.25) is 0 Å². The van der Waals surface area contributed by atoms with Gasteiger partial charge in [-0.1, -0.05) is 49.2 Å². The lowest BCUT2D eigenvalue weighted by atomic mass is 9.89. The van der Waals surface area contributed by atoms with Gasteiger partial charge in [0, 0.05) is 5.92 Å². The molecule has 1 fully saturated rings. The van der Waals surface area contributed by atoms with Crippen LogP contribution in [0.2, 0.25) is 0 Å². The molecule has 1 aliphatic heterocycles. The van der Waals surface area contributed by atoms with E-state index in [-0.39, 0.29) is 0 Å². The highest BCUT2D eigenvalue weighted by atomic mass is 32.2. The second kappa shape index (κ2) is 9.20. The van der Waals surface area contributed by atoms with E-state index in [1.807, 2.05) is 25.1 Å². The normalized spacial score (nSPS) is 17.8. The van der Waals surface area contributed by atoms with Gasteiger partial charge < -0.3 is 13.5 Å². The molecule has 19 heavy (non-hydrogen) atoms. The van der Waals surface area contributed by atoms with E-state index in [4.69, 9.17) is 4.74 Å². The highest BCUT2D eigenvalue weighted by molar-refractivity contribution is 7.74. The first-order valence-electron chi connectivity index (χ1n) is 6.45. The molecule has 5 heteroatoms. The minimum absolute atomic E-state index is 0.292. The van der Waals surface area contributed by atoms with Gasteiger partial charge in [0.15, 0.2) is 0 Å². The maximum absolute atomic E-state index is 10.1. The van der Waals surface area contributed by atoms with Gasteiger partial charge in [0.1, 0.15) is 0 Å². The first kappa shape index (κ1) is 16.3. The van der Waals surface area contributed by atoms with Crippen LogP contribution in [0, 0.1) is 18.8 Å². The third kappa shape index (κ3) is 6.82. The Kier molecular flexibility index (Phi) is 7.90. The average molecular weight is 285 g/mol. The molecule has 2 unspecified atom stereocenters. The maximum atomic E-state index is 10.1. The van der Waals surface area contributed by atoms with Gasteiger partial charge in [-0.3, -0.25) is 0 Å². The lowest BCUT2D eigenvalue weighted by molar-refractivity contribution is -0.0691. The molecule has 0 aliphatic carbocycles. The Morgan fingerprint density at radius 3 is 2.37 bits per heavy atom. The van der Waals surface area contributed by atoms with E-state index in [1.54, 1.807) is 0 Å². The summed E-state index contributed by atoms with van der Waals surface area (Å²) in [7, 11) is 0. The van der Waals surface area contributed by atoms with Crippen LogP contribution in [-0.2, 0) is 20.3 Å². The molecular weight excluding hydrogens is 264 g/mol. The zero-order chi connectivity index (χ0) is 14.1. The summed E-state index contributed by atoms with van der Waals surface area (Å²) < 4.78 is 29.7. The predicted molar refractivity (Wildman–Crippen MR) is 74.1 cm³/mol. The maximum Gasteiger partial charge on any atom is 0.0842 e. The van der Waals surface area contributed by atoms with Crippen molar-refractivity contribution < 1.29 is 17.7 Å². The van der Waals surface area contributed by atoms with Crippen molar-refractivity contribution in [1.29, 1.82) is 0 Å². The monoisotopic (exact) mass is 285 g/mol. The summed E-state index contributed by atoms with van der Waals surface area (Å²) in [6, 6.07) is 10.3. The van der Waals surface area contributed by atoms with Crippen LogP contribution in [0.15, 0.2) is 30.3 Å². The second-order valence-electron chi connectivity index (χ2n) is 4.61. The lowest BCUT2D eigenvalue weighted by Crippen LogP contribution is -2.36. The highest BCUT2D eigenvalue weighted by Gasteiger charge is 2.27. The zero-order valence-electron chi connectivity index (χ0n) is 11.4. The lowest BCUT2D eigenvalue weighted by Gasteiger charge is -2.32. The van der Waals surface area contributed by atoms with Crippen molar-refractivity contribution in [3.05, 3.63) is 35.9 Å². The van der Waals surface area contributed by atoms with Crippen molar-refractivity contribution in [2.75, 3.05) is 19.8 Å². The third-order valence-corrected chi connectivity index (χ3v) is 3.50. The van der Waals surface area contributed by atoms with Crippen molar-refractivity contribution in [3.8, 4) is 0 Å². The first-order valence-corrected chi connectivity index (χ1v) is 7.45. The van der Waals surface area contributed by atoms with E-state index >= 15 is 0 Å². The van der Waals surface area contributed by atoms with Crippen LogP contribution in [0.1, 0.15) is 18.9 Å². The van der Waals surface area contributed by atoms with Crippen molar-refractivity contribution in [1.82, 2.24) is 0 Å². The fourth-order valence-electron chi connectivity index (χ4n) is 1.79. The molecule has 0 bridgehead atoms. The Balaban J connectivity index is 0.000000218. The molecule has 1 aliphatic rings. The SMILES string of the molecule is CCC(COS(=O)[O-])C1COC1.Cc1ccccc1. The quantitative estimate of drug-likeness (QED) is 0.780. The van der Waals surface area contributed by atoms with Gasteiger partial charge in [-0.15, -0.1) is 0 Å². The predicted octanol–water partition coefficient (Wildman–Crippen LogP) is 2.46. The third-order valence-electron chi connectivity index (χ3n) is 3.17. The number of rotatable bonds is 5. The Morgan fingerprint density at radius 1 is 1.42 bits per heavy atom. The number of ether oxygens (including phenoxy) is 1. The summed E-state index contributed by atoms with van der Waals surface area (Å²) in [6.45, 7) is 5.89. The molecule has 0 radical (unpaired) electrons. The minimum Gasteiger partial charge on any atom is -0.750 e. The molecule has 1 saturated heterocycles. The molecule has 0 aromatic heterocycles. The summed E-state index contributed by atoms with van der Waals surface area (Å²) in [5.41, 5.74) is 1.32. The minimum atomic E-state index is -2.37. The molecule has 2 rings (SSSR count). The van der Waals surface area contributed by atoms with Crippen LogP contribution in [0.4, 0.5) is 0 Å². The Hall–Kier alpha value is -0.750. The largest absolute Gasteiger partial charge is 0.750 e.